The van der Waals surface area contributed by atoms with Crippen LogP contribution < -0.4 is 19.3 Å². The summed E-state index contributed by atoms with van der Waals surface area (Å²) in [5.41, 5.74) is 12.5. The molecule has 6 aromatic carbocycles. The van der Waals surface area contributed by atoms with Gasteiger partial charge in [0, 0.05) is 16.8 Å². The van der Waals surface area contributed by atoms with E-state index < -0.39 is 0 Å². The van der Waals surface area contributed by atoms with E-state index in [1.165, 1.54) is 28.0 Å². The minimum atomic E-state index is -0.0447. The van der Waals surface area contributed by atoms with Crippen molar-refractivity contribution in [1.29, 1.82) is 0 Å². The predicted molar refractivity (Wildman–Crippen MR) is 221 cm³/mol. The van der Waals surface area contributed by atoms with Crippen molar-refractivity contribution < 1.29 is 9.47 Å². The second kappa shape index (κ2) is 12.9. The minimum Gasteiger partial charge on any atom is -0.453 e. The fourth-order valence-electron chi connectivity index (χ4n) is 8.40. The van der Waals surface area contributed by atoms with Crippen molar-refractivity contribution in [2.24, 2.45) is 5.92 Å². The van der Waals surface area contributed by atoms with Crippen LogP contribution in [0.25, 0.3) is 16.7 Å². The highest BCUT2D eigenvalue weighted by atomic mass is 16.5. The molecule has 4 heteroatoms. The molecule has 262 valence electrons. The van der Waals surface area contributed by atoms with E-state index in [9.17, 15) is 0 Å². The van der Waals surface area contributed by atoms with Gasteiger partial charge in [0.05, 0.1) is 22.8 Å². The molecule has 2 heterocycles. The molecule has 0 spiro atoms. The topological polar surface area (TPSA) is 24.9 Å². The molecular formula is C50H40N2O2. The molecule has 0 aromatic heterocycles. The van der Waals surface area contributed by atoms with Gasteiger partial charge in [0.15, 0.2) is 17.2 Å². The summed E-state index contributed by atoms with van der Waals surface area (Å²) in [7, 11) is 0. The third-order valence-electron chi connectivity index (χ3n) is 11.3. The summed E-state index contributed by atoms with van der Waals surface area (Å²) in [5, 5.41) is 0. The predicted octanol–water partition coefficient (Wildman–Crippen LogP) is 13.6. The van der Waals surface area contributed by atoms with Crippen molar-refractivity contribution in [3.8, 4) is 28.4 Å². The first-order valence-corrected chi connectivity index (χ1v) is 18.9. The van der Waals surface area contributed by atoms with Crippen molar-refractivity contribution in [3.63, 3.8) is 0 Å². The smallest absolute Gasteiger partial charge is 0.152 e. The van der Waals surface area contributed by atoms with Crippen LogP contribution in [0.4, 0.5) is 28.4 Å². The number of fused-ring (bicyclic) bond motifs is 3. The van der Waals surface area contributed by atoms with Crippen LogP contribution in [0.2, 0.25) is 0 Å². The summed E-state index contributed by atoms with van der Waals surface area (Å²) in [6.07, 6.45) is 13.0. The molecule has 0 saturated carbocycles. The maximum Gasteiger partial charge on any atom is 0.152 e. The molecule has 6 aromatic rings. The second-order valence-electron chi connectivity index (χ2n) is 14.9. The molecule has 2 atom stereocenters. The van der Waals surface area contributed by atoms with E-state index in [1.54, 1.807) is 0 Å². The summed E-state index contributed by atoms with van der Waals surface area (Å²) in [4.78, 5) is 4.72. The second-order valence-corrected chi connectivity index (χ2v) is 14.9. The number of allylic oxidation sites excluding steroid dienone is 7. The van der Waals surface area contributed by atoms with Gasteiger partial charge in [-0.25, -0.2) is 0 Å². The van der Waals surface area contributed by atoms with Gasteiger partial charge in [0.2, 0.25) is 0 Å². The highest BCUT2D eigenvalue weighted by Gasteiger charge is 2.34. The lowest BCUT2D eigenvalue weighted by Gasteiger charge is -2.39. The van der Waals surface area contributed by atoms with Crippen molar-refractivity contribution in [2.75, 3.05) is 9.80 Å². The Morgan fingerprint density at radius 1 is 0.574 bits per heavy atom. The van der Waals surface area contributed by atoms with Gasteiger partial charge in [-0.2, -0.15) is 0 Å². The highest BCUT2D eigenvalue weighted by molar-refractivity contribution is 5.89. The van der Waals surface area contributed by atoms with Gasteiger partial charge in [-0.1, -0.05) is 123 Å². The van der Waals surface area contributed by atoms with Crippen molar-refractivity contribution in [3.05, 3.63) is 199 Å². The van der Waals surface area contributed by atoms with Crippen molar-refractivity contribution in [1.82, 2.24) is 0 Å². The zero-order valence-electron chi connectivity index (χ0n) is 30.4. The molecule has 0 bridgehead atoms. The molecule has 0 N–H and O–H groups in total. The van der Waals surface area contributed by atoms with E-state index in [-0.39, 0.29) is 11.3 Å². The van der Waals surface area contributed by atoms with E-state index in [0.29, 0.717) is 0 Å². The maximum absolute atomic E-state index is 6.73. The average molecular weight is 701 g/mol. The minimum absolute atomic E-state index is 0.0447. The molecular weight excluding hydrogens is 661 g/mol. The third kappa shape index (κ3) is 5.45. The largest absolute Gasteiger partial charge is 0.453 e. The van der Waals surface area contributed by atoms with Gasteiger partial charge >= 0.3 is 0 Å². The SMILES string of the molecule is CC1CC2=C(C=C1c1ccc3c(c1)Oc1ccccc1N3c1ccc(-c3ccccc3)cc1)Oc1ccccc1N2c1cccc(C2(C)C=CC=CC2)c1. The van der Waals surface area contributed by atoms with E-state index in [2.05, 4.69) is 187 Å². The molecule has 0 fully saturated rings. The fraction of sp³-hybridized carbons (Fsp3) is 0.120. The molecule has 0 amide bonds. The van der Waals surface area contributed by atoms with Crippen LogP contribution in [0, 0.1) is 5.92 Å². The van der Waals surface area contributed by atoms with Gasteiger partial charge in [0.1, 0.15) is 5.76 Å². The zero-order valence-corrected chi connectivity index (χ0v) is 30.4. The summed E-state index contributed by atoms with van der Waals surface area (Å²) >= 11 is 0. The number of hydrogen-bond acceptors (Lipinski definition) is 4. The monoisotopic (exact) mass is 700 g/mol. The molecule has 2 aliphatic carbocycles. The van der Waals surface area contributed by atoms with Gasteiger partial charge in [-0.05, 0) is 113 Å². The number of hydrogen-bond donors (Lipinski definition) is 0. The molecule has 4 aliphatic rings. The zero-order chi connectivity index (χ0) is 36.2. The van der Waals surface area contributed by atoms with Crippen LogP contribution in [-0.2, 0) is 5.41 Å². The Bertz CT molecular complexity index is 2540. The van der Waals surface area contributed by atoms with Crippen LogP contribution in [0.3, 0.4) is 0 Å². The van der Waals surface area contributed by atoms with E-state index in [0.717, 1.165) is 69.8 Å². The number of nitrogens with zero attached hydrogens (tertiary/aromatic N) is 2. The standard InChI is InChI=1S/C50H40N2O2/c1-34-30-45-49(54-47-21-10-8-19-43(47)52(45)40-17-13-16-38(32-40)50(2)28-11-4-12-29-50)33-41(34)37-24-27-44-48(31-37)53-46-20-9-7-18-42(46)51(44)39-25-22-36(23-26-39)35-14-5-3-6-15-35/h3-28,31-34H,29-30H2,1-2H3. The summed E-state index contributed by atoms with van der Waals surface area (Å²) in [6, 6.07) is 51.7. The maximum atomic E-state index is 6.73. The van der Waals surface area contributed by atoms with Crippen LogP contribution in [0.1, 0.15) is 37.8 Å². The van der Waals surface area contributed by atoms with Crippen LogP contribution in [0.15, 0.2) is 187 Å². The van der Waals surface area contributed by atoms with Crippen LogP contribution in [0.5, 0.6) is 17.2 Å². The van der Waals surface area contributed by atoms with Gasteiger partial charge < -0.3 is 19.3 Å². The van der Waals surface area contributed by atoms with Gasteiger partial charge in [0.25, 0.3) is 0 Å². The van der Waals surface area contributed by atoms with Crippen molar-refractivity contribution in [2.45, 2.75) is 32.1 Å². The first-order valence-electron chi connectivity index (χ1n) is 18.9. The van der Waals surface area contributed by atoms with E-state index in [4.69, 9.17) is 9.47 Å². The molecule has 0 saturated heterocycles. The van der Waals surface area contributed by atoms with Crippen LogP contribution >= 0.6 is 0 Å². The highest BCUT2D eigenvalue weighted by Crippen LogP contribution is 2.53. The first-order chi connectivity index (χ1) is 26.5. The Morgan fingerprint density at radius 2 is 1.26 bits per heavy atom. The Balaban J connectivity index is 1.03. The molecule has 2 unspecified atom stereocenters. The Morgan fingerprint density at radius 3 is 2.04 bits per heavy atom. The van der Waals surface area contributed by atoms with E-state index >= 15 is 0 Å². The molecule has 10 rings (SSSR count). The molecule has 4 nitrogen and oxygen atoms in total. The normalized spacial score (nSPS) is 19.5. The van der Waals surface area contributed by atoms with E-state index in [1.807, 2.05) is 12.1 Å². The van der Waals surface area contributed by atoms with Crippen molar-refractivity contribution >= 4 is 34.0 Å². The lowest BCUT2D eigenvalue weighted by Crippen LogP contribution is -2.28. The lowest BCUT2D eigenvalue weighted by atomic mass is 9.77. The Hall–Kier alpha value is -6.52. The summed E-state index contributed by atoms with van der Waals surface area (Å²) in [6.45, 7) is 4.64. The third-order valence-corrected chi connectivity index (χ3v) is 11.3. The van der Waals surface area contributed by atoms with Gasteiger partial charge in [-0.15, -0.1) is 0 Å². The quantitative estimate of drug-likeness (QED) is 0.178. The summed E-state index contributed by atoms with van der Waals surface area (Å²) < 4.78 is 13.4. The lowest BCUT2D eigenvalue weighted by molar-refractivity contribution is 0.416. The fourth-order valence-corrected chi connectivity index (χ4v) is 8.40. The van der Waals surface area contributed by atoms with Crippen LogP contribution in [-0.4, -0.2) is 0 Å². The summed E-state index contributed by atoms with van der Waals surface area (Å²) in [5.74, 6) is 3.66. The Kier molecular flexibility index (Phi) is 7.65. The molecule has 54 heavy (non-hydrogen) atoms. The number of rotatable bonds is 5. The number of benzene rings is 6. The van der Waals surface area contributed by atoms with Gasteiger partial charge in [-0.3, -0.25) is 0 Å². The molecule has 2 aliphatic heterocycles. The average Bonchev–Trinajstić information content (AvgIpc) is 3.22. The number of anilines is 5. The number of ether oxygens (including phenoxy) is 2. The first kappa shape index (κ1) is 32.2. The molecule has 0 radical (unpaired) electrons. The number of para-hydroxylation sites is 4. The Labute approximate surface area is 317 Å².